The van der Waals surface area contributed by atoms with E-state index < -0.39 is 10.0 Å². The van der Waals surface area contributed by atoms with Crippen LogP contribution < -0.4 is 4.72 Å². The van der Waals surface area contributed by atoms with Crippen molar-refractivity contribution in [1.82, 2.24) is 4.72 Å². The molecule has 1 aliphatic heterocycles. The third-order valence-electron chi connectivity index (χ3n) is 6.64. The second-order valence-corrected chi connectivity index (χ2v) is 9.74. The normalized spacial score (nSPS) is 16.9. The summed E-state index contributed by atoms with van der Waals surface area (Å²) in [4.78, 5) is 0.434. The first kappa shape index (κ1) is 21.0. The summed E-state index contributed by atoms with van der Waals surface area (Å²) in [5.74, 6) is 0. The molecule has 0 unspecified atom stereocenters. The molecule has 1 N–H and O–H groups in total. The lowest BCUT2D eigenvalue weighted by Gasteiger charge is -2.38. The predicted octanol–water partition coefficient (Wildman–Crippen LogP) is 4.26. The molecule has 0 bridgehead atoms. The topological polar surface area (TPSA) is 55.4 Å². The van der Waals surface area contributed by atoms with Gasteiger partial charge in [0.15, 0.2) is 0 Å². The Bertz CT molecular complexity index is 930. The quantitative estimate of drug-likeness (QED) is 0.815. The van der Waals surface area contributed by atoms with Crippen molar-refractivity contribution in [1.29, 1.82) is 0 Å². The summed E-state index contributed by atoms with van der Waals surface area (Å²) >= 11 is 0. The van der Waals surface area contributed by atoms with Gasteiger partial charge in [0.25, 0.3) is 0 Å². The van der Waals surface area contributed by atoms with Crippen molar-refractivity contribution in [3.8, 4) is 0 Å². The van der Waals surface area contributed by atoms with E-state index in [0.717, 1.165) is 35.1 Å². The van der Waals surface area contributed by atoms with Gasteiger partial charge in [-0.1, -0.05) is 30.3 Å². The van der Waals surface area contributed by atoms with Gasteiger partial charge in [-0.3, -0.25) is 0 Å². The minimum Gasteiger partial charge on any atom is -0.381 e. The van der Waals surface area contributed by atoms with Gasteiger partial charge in [-0.05, 0) is 80.8 Å². The smallest absolute Gasteiger partial charge is 0.241 e. The van der Waals surface area contributed by atoms with Crippen LogP contribution in [-0.2, 0) is 20.2 Å². The van der Waals surface area contributed by atoms with Crippen LogP contribution in [0, 0.1) is 34.6 Å². The summed E-state index contributed by atoms with van der Waals surface area (Å²) in [6.45, 7) is 11.6. The summed E-state index contributed by atoms with van der Waals surface area (Å²) in [6.07, 6.45) is 1.62. The van der Waals surface area contributed by atoms with E-state index in [9.17, 15) is 8.42 Å². The van der Waals surface area contributed by atoms with Crippen LogP contribution in [-0.4, -0.2) is 28.2 Å². The van der Waals surface area contributed by atoms with Crippen LogP contribution in [0.15, 0.2) is 35.2 Å². The maximum absolute atomic E-state index is 13.4. The molecule has 1 saturated heterocycles. The summed E-state index contributed by atoms with van der Waals surface area (Å²) < 4.78 is 35.3. The Balaban J connectivity index is 1.97. The van der Waals surface area contributed by atoms with Crippen molar-refractivity contribution in [2.24, 2.45) is 0 Å². The monoisotopic (exact) mass is 401 g/mol. The first-order chi connectivity index (χ1) is 13.2. The molecule has 3 rings (SSSR count). The molecule has 5 heteroatoms. The van der Waals surface area contributed by atoms with E-state index in [-0.39, 0.29) is 5.41 Å². The predicted molar refractivity (Wildman–Crippen MR) is 113 cm³/mol. The fraction of sp³-hybridized carbons (Fsp3) is 0.478. The zero-order valence-corrected chi connectivity index (χ0v) is 18.4. The molecule has 28 heavy (non-hydrogen) atoms. The molecule has 152 valence electrons. The summed E-state index contributed by atoms with van der Waals surface area (Å²) in [6, 6.07) is 10.2. The maximum atomic E-state index is 13.4. The number of nitrogens with one attached hydrogen (secondary N) is 1. The first-order valence-corrected chi connectivity index (χ1v) is 11.4. The molecule has 0 aromatic heterocycles. The Morgan fingerprint density at radius 3 is 1.89 bits per heavy atom. The standard InChI is InChI=1S/C23H31NO3S/c1-16-17(2)19(4)22(20(5)18(16)3)28(25,26)24-15-23(11-13-27-14-12-23)21-9-7-6-8-10-21/h6-10,24H,11-15H2,1-5H3. The summed E-state index contributed by atoms with van der Waals surface area (Å²) in [5.41, 5.74) is 5.88. The highest BCUT2D eigenvalue weighted by molar-refractivity contribution is 7.89. The van der Waals surface area contributed by atoms with Crippen LogP contribution in [0.2, 0.25) is 0 Å². The van der Waals surface area contributed by atoms with E-state index in [1.165, 1.54) is 11.1 Å². The van der Waals surface area contributed by atoms with Gasteiger partial charge >= 0.3 is 0 Å². The van der Waals surface area contributed by atoms with Gasteiger partial charge < -0.3 is 4.74 Å². The van der Waals surface area contributed by atoms with Crippen molar-refractivity contribution < 1.29 is 13.2 Å². The lowest BCUT2D eigenvalue weighted by molar-refractivity contribution is 0.0517. The van der Waals surface area contributed by atoms with Crippen molar-refractivity contribution in [2.75, 3.05) is 19.8 Å². The average molecular weight is 402 g/mol. The second kappa shape index (κ2) is 7.97. The van der Waals surface area contributed by atoms with Crippen molar-refractivity contribution in [2.45, 2.75) is 57.8 Å². The third-order valence-corrected chi connectivity index (χ3v) is 8.31. The van der Waals surface area contributed by atoms with Crippen LogP contribution in [0.3, 0.4) is 0 Å². The van der Waals surface area contributed by atoms with E-state index >= 15 is 0 Å². The van der Waals surface area contributed by atoms with Gasteiger partial charge in [0.1, 0.15) is 0 Å². The van der Waals surface area contributed by atoms with Crippen LogP contribution in [0.4, 0.5) is 0 Å². The van der Waals surface area contributed by atoms with Crippen LogP contribution in [0.1, 0.15) is 46.2 Å². The van der Waals surface area contributed by atoms with Crippen molar-refractivity contribution in [3.63, 3.8) is 0 Å². The van der Waals surface area contributed by atoms with Crippen molar-refractivity contribution in [3.05, 3.63) is 63.7 Å². The Kier molecular flexibility index (Phi) is 5.99. The van der Waals surface area contributed by atoms with Crippen LogP contribution in [0.5, 0.6) is 0 Å². The number of hydrogen-bond acceptors (Lipinski definition) is 3. The van der Waals surface area contributed by atoms with Gasteiger partial charge in [0.05, 0.1) is 4.90 Å². The molecule has 0 amide bonds. The third kappa shape index (κ3) is 3.76. The molecule has 1 aliphatic rings. The fourth-order valence-corrected chi connectivity index (χ4v) is 6.02. The molecule has 0 atom stereocenters. The molecule has 0 spiro atoms. The highest BCUT2D eigenvalue weighted by Gasteiger charge is 2.36. The van der Waals surface area contributed by atoms with Gasteiger partial charge in [-0.2, -0.15) is 0 Å². The molecule has 2 aromatic rings. The van der Waals surface area contributed by atoms with Gasteiger partial charge in [0.2, 0.25) is 10.0 Å². The molecule has 0 saturated carbocycles. The largest absolute Gasteiger partial charge is 0.381 e. The highest BCUT2D eigenvalue weighted by Crippen LogP contribution is 2.35. The molecular weight excluding hydrogens is 370 g/mol. The molecule has 0 aliphatic carbocycles. The lowest BCUT2D eigenvalue weighted by atomic mass is 9.74. The minimum absolute atomic E-state index is 0.233. The Morgan fingerprint density at radius 2 is 1.36 bits per heavy atom. The van der Waals surface area contributed by atoms with E-state index in [1.54, 1.807) is 0 Å². The molecule has 1 fully saturated rings. The summed E-state index contributed by atoms with van der Waals surface area (Å²) in [7, 11) is -3.62. The number of benzene rings is 2. The number of rotatable bonds is 5. The fourth-order valence-electron chi connectivity index (χ4n) is 4.30. The van der Waals surface area contributed by atoms with E-state index in [0.29, 0.717) is 24.7 Å². The van der Waals surface area contributed by atoms with Gasteiger partial charge in [-0.15, -0.1) is 0 Å². The Labute approximate surface area is 169 Å². The van der Waals surface area contributed by atoms with Crippen LogP contribution >= 0.6 is 0 Å². The summed E-state index contributed by atoms with van der Waals surface area (Å²) in [5, 5.41) is 0. The number of ether oxygens (including phenoxy) is 1. The molecule has 4 nitrogen and oxygen atoms in total. The zero-order valence-electron chi connectivity index (χ0n) is 17.6. The van der Waals surface area contributed by atoms with E-state index in [4.69, 9.17) is 4.74 Å². The molecule has 0 radical (unpaired) electrons. The van der Waals surface area contributed by atoms with Crippen LogP contribution in [0.25, 0.3) is 0 Å². The van der Waals surface area contributed by atoms with Gasteiger partial charge in [-0.25, -0.2) is 13.1 Å². The Hall–Kier alpha value is -1.69. The first-order valence-electron chi connectivity index (χ1n) is 9.89. The average Bonchev–Trinajstić information content (AvgIpc) is 2.71. The number of sulfonamides is 1. The van der Waals surface area contributed by atoms with E-state index in [1.807, 2.05) is 45.9 Å². The highest BCUT2D eigenvalue weighted by atomic mass is 32.2. The van der Waals surface area contributed by atoms with Crippen molar-refractivity contribution >= 4 is 10.0 Å². The maximum Gasteiger partial charge on any atom is 0.241 e. The lowest BCUT2D eigenvalue weighted by Crippen LogP contribution is -2.44. The second-order valence-electron chi connectivity index (χ2n) is 8.04. The SMILES string of the molecule is Cc1c(C)c(C)c(S(=O)(=O)NCC2(c3ccccc3)CCOCC2)c(C)c1C. The molecule has 1 heterocycles. The molecule has 2 aromatic carbocycles. The Morgan fingerprint density at radius 1 is 0.857 bits per heavy atom. The zero-order chi connectivity index (χ0) is 20.5. The van der Waals surface area contributed by atoms with Gasteiger partial charge in [0, 0.05) is 25.2 Å². The molecular formula is C23H31NO3S. The minimum atomic E-state index is -3.62. The number of hydrogen-bond donors (Lipinski definition) is 1. The van der Waals surface area contributed by atoms with E-state index in [2.05, 4.69) is 23.8 Å².